The van der Waals surface area contributed by atoms with Crippen molar-refractivity contribution < 1.29 is 18.0 Å². The van der Waals surface area contributed by atoms with Crippen molar-refractivity contribution in [1.82, 2.24) is 10.2 Å². The van der Waals surface area contributed by atoms with Crippen LogP contribution in [0.15, 0.2) is 42.5 Å². The smallest absolute Gasteiger partial charge is 0.244 e. The molecule has 2 aromatic carbocycles. The first-order valence-electron chi connectivity index (χ1n) is 10.7. The van der Waals surface area contributed by atoms with Crippen LogP contribution in [0.2, 0.25) is 10.0 Å². The highest BCUT2D eigenvalue weighted by Crippen LogP contribution is 2.33. The Balaban J connectivity index is 2.45. The molecule has 2 rings (SSSR count). The standard InChI is InChI=1S/C24H31Cl2N3O4S/c1-16-9-7-10-18(13-16)14-28(17(2)23(31)27-24(3,4)5)21(30)15-29(34(6,32)33)20-12-8-11-19(25)22(20)26/h7-13,17H,14-15H2,1-6H3,(H,27,31). The second-order valence-electron chi connectivity index (χ2n) is 9.27. The molecule has 0 fully saturated rings. The first-order chi connectivity index (χ1) is 15.6. The molecule has 0 heterocycles. The number of sulfonamides is 1. The fourth-order valence-corrected chi connectivity index (χ4v) is 4.65. The van der Waals surface area contributed by atoms with Crippen molar-refractivity contribution in [1.29, 1.82) is 0 Å². The molecule has 1 unspecified atom stereocenters. The molecule has 0 aliphatic carbocycles. The van der Waals surface area contributed by atoms with Gasteiger partial charge in [-0.2, -0.15) is 0 Å². The second-order valence-corrected chi connectivity index (χ2v) is 12.0. The van der Waals surface area contributed by atoms with Crippen molar-refractivity contribution in [3.8, 4) is 0 Å². The summed E-state index contributed by atoms with van der Waals surface area (Å²) in [6, 6.07) is 11.3. The quantitative estimate of drug-likeness (QED) is 0.551. The minimum Gasteiger partial charge on any atom is -0.350 e. The number of amides is 2. The van der Waals surface area contributed by atoms with E-state index in [0.717, 1.165) is 21.7 Å². The minimum atomic E-state index is -3.90. The van der Waals surface area contributed by atoms with Gasteiger partial charge in [0, 0.05) is 12.1 Å². The lowest BCUT2D eigenvalue weighted by Crippen LogP contribution is -2.54. The van der Waals surface area contributed by atoms with E-state index in [4.69, 9.17) is 23.2 Å². The first-order valence-corrected chi connectivity index (χ1v) is 13.3. The molecule has 34 heavy (non-hydrogen) atoms. The van der Waals surface area contributed by atoms with Crippen LogP contribution in [0, 0.1) is 6.92 Å². The molecule has 0 aliphatic heterocycles. The van der Waals surface area contributed by atoms with Gasteiger partial charge in [-0.15, -0.1) is 0 Å². The van der Waals surface area contributed by atoms with E-state index in [2.05, 4.69) is 5.32 Å². The molecule has 1 N–H and O–H groups in total. The van der Waals surface area contributed by atoms with Crippen LogP contribution >= 0.6 is 23.2 Å². The predicted octanol–water partition coefficient (Wildman–Crippen LogP) is 4.40. The number of hydrogen-bond donors (Lipinski definition) is 1. The van der Waals surface area contributed by atoms with E-state index >= 15 is 0 Å². The van der Waals surface area contributed by atoms with Gasteiger partial charge in [0.05, 0.1) is 22.0 Å². The van der Waals surface area contributed by atoms with Crippen molar-refractivity contribution >= 4 is 50.7 Å². The third kappa shape index (κ3) is 7.61. The van der Waals surface area contributed by atoms with Gasteiger partial charge in [-0.25, -0.2) is 8.42 Å². The van der Waals surface area contributed by atoms with Gasteiger partial charge in [0.1, 0.15) is 12.6 Å². The van der Waals surface area contributed by atoms with Crippen molar-refractivity contribution in [2.24, 2.45) is 0 Å². The van der Waals surface area contributed by atoms with Crippen LogP contribution in [0.4, 0.5) is 5.69 Å². The van der Waals surface area contributed by atoms with Crippen LogP contribution in [-0.4, -0.2) is 49.5 Å². The summed E-state index contributed by atoms with van der Waals surface area (Å²) in [4.78, 5) is 27.8. The number of halogens is 2. The Hall–Kier alpha value is -2.29. The van der Waals surface area contributed by atoms with Gasteiger partial charge in [-0.3, -0.25) is 13.9 Å². The van der Waals surface area contributed by atoms with Crippen molar-refractivity contribution in [2.75, 3.05) is 17.1 Å². The summed E-state index contributed by atoms with van der Waals surface area (Å²) in [6.07, 6.45) is 0.984. The number of anilines is 1. The number of rotatable bonds is 8. The van der Waals surface area contributed by atoms with Gasteiger partial charge in [0.15, 0.2) is 0 Å². The lowest BCUT2D eigenvalue weighted by molar-refractivity contribution is -0.140. The van der Waals surface area contributed by atoms with Crippen LogP contribution in [0.5, 0.6) is 0 Å². The van der Waals surface area contributed by atoms with Crippen molar-refractivity contribution in [3.05, 3.63) is 63.6 Å². The van der Waals surface area contributed by atoms with Gasteiger partial charge < -0.3 is 10.2 Å². The van der Waals surface area contributed by atoms with Gasteiger partial charge in [0.25, 0.3) is 0 Å². The molecule has 2 amide bonds. The molecule has 0 spiro atoms. The van der Waals surface area contributed by atoms with Crippen LogP contribution in [0.1, 0.15) is 38.8 Å². The van der Waals surface area contributed by atoms with E-state index in [1.807, 2.05) is 52.0 Å². The van der Waals surface area contributed by atoms with E-state index in [1.54, 1.807) is 13.0 Å². The molecule has 0 aliphatic rings. The highest BCUT2D eigenvalue weighted by atomic mass is 35.5. The zero-order chi connectivity index (χ0) is 25.8. The second kappa shape index (κ2) is 11.0. The zero-order valence-corrected chi connectivity index (χ0v) is 22.6. The summed E-state index contributed by atoms with van der Waals surface area (Å²) in [7, 11) is -3.90. The summed E-state index contributed by atoms with van der Waals surface area (Å²) < 4.78 is 26.1. The largest absolute Gasteiger partial charge is 0.350 e. The SMILES string of the molecule is Cc1cccc(CN(C(=O)CN(c2cccc(Cl)c2Cl)S(C)(=O)=O)C(C)C(=O)NC(C)(C)C)c1. The Bertz CT molecular complexity index is 1160. The Kier molecular flexibility index (Phi) is 9.02. The van der Waals surface area contributed by atoms with E-state index < -0.39 is 34.1 Å². The monoisotopic (exact) mass is 527 g/mol. The highest BCUT2D eigenvalue weighted by Gasteiger charge is 2.32. The van der Waals surface area contributed by atoms with Gasteiger partial charge in [-0.1, -0.05) is 59.1 Å². The maximum atomic E-state index is 13.5. The van der Waals surface area contributed by atoms with E-state index in [0.29, 0.717) is 0 Å². The Morgan fingerprint density at radius 1 is 1.09 bits per heavy atom. The third-order valence-corrected chi connectivity index (χ3v) is 6.92. The molecule has 2 aromatic rings. The Labute approximate surface area is 212 Å². The maximum Gasteiger partial charge on any atom is 0.244 e. The van der Waals surface area contributed by atoms with E-state index in [1.165, 1.54) is 17.0 Å². The normalized spacial score (nSPS) is 12.7. The Morgan fingerprint density at radius 2 is 1.71 bits per heavy atom. The number of aryl methyl sites for hydroxylation is 1. The third-order valence-electron chi connectivity index (χ3n) is 4.98. The van der Waals surface area contributed by atoms with E-state index in [-0.39, 0.29) is 28.2 Å². The predicted molar refractivity (Wildman–Crippen MR) is 138 cm³/mol. The van der Waals surface area contributed by atoms with Crippen LogP contribution in [-0.2, 0) is 26.2 Å². The highest BCUT2D eigenvalue weighted by molar-refractivity contribution is 7.92. The van der Waals surface area contributed by atoms with Gasteiger partial charge in [0.2, 0.25) is 21.8 Å². The average molecular weight is 529 g/mol. The van der Waals surface area contributed by atoms with Gasteiger partial charge in [-0.05, 0) is 52.3 Å². The summed E-state index contributed by atoms with van der Waals surface area (Å²) in [5.41, 5.74) is 1.40. The first kappa shape index (κ1) is 28.0. The molecule has 186 valence electrons. The number of carbonyl (C=O) groups excluding carboxylic acids is 2. The molecule has 10 heteroatoms. The maximum absolute atomic E-state index is 13.5. The van der Waals surface area contributed by atoms with Gasteiger partial charge >= 0.3 is 0 Å². The molecule has 7 nitrogen and oxygen atoms in total. The molecular formula is C24H31Cl2N3O4S. The van der Waals surface area contributed by atoms with Crippen LogP contribution in [0.25, 0.3) is 0 Å². The average Bonchev–Trinajstić information content (AvgIpc) is 2.70. The number of benzene rings is 2. The fraction of sp³-hybridized carbons (Fsp3) is 0.417. The molecule has 0 radical (unpaired) electrons. The minimum absolute atomic E-state index is 0.0196. The molecule has 0 aromatic heterocycles. The summed E-state index contributed by atoms with van der Waals surface area (Å²) in [5.74, 6) is -0.903. The van der Waals surface area contributed by atoms with E-state index in [9.17, 15) is 18.0 Å². The van der Waals surface area contributed by atoms with Crippen molar-refractivity contribution in [2.45, 2.75) is 52.7 Å². The van der Waals surface area contributed by atoms with Crippen LogP contribution in [0.3, 0.4) is 0 Å². The summed E-state index contributed by atoms with van der Waals surface area (Å²) in [5, 5.41) is 3.06. The Morgan fingerprint density at radius 3 is 2.26 bits per heavy atom. The lowest BCUT2D eigenvalue weighted by Gasteiger charge is -2.33. The summed E-state index contributed by atoms with van der Waals surface area (Å²) >= 11 is 12.3. The van der Waals surface area contributed by atoms with Crippen LogP contribution < -0.4 is 9.62 Å². The summed E-state index contributed by atoms with van der Waals surface area (Å²) in [6.45, 7) is 8.66. The van der Waals surface area contributed by atoms with Crippen molar-refractivity contribution in [3.63, 3.8) is 0 Å². The molecular weight excluding hydrogens is 497 g/mol. The zero-order valence-electron chi connectivity index (χ0n) is 20.2. The number of nitrogens with one attached hydrogen (secondary N) is 1. The molecule has 0 bridgehead atoms. The molecule has 0 saturated carbocycles. The number of carbonyl (C=O) groups is 2. The topological polar surface area (TPSA) is 86.8 Å². The number of nitrogens with zero attached hydrogens (tertiary/aromatic N) is 2. The number of hydrogen-bond acceptors (Lipinski definition) is 4. The lowest BCUT2D eigenvalue weighted by atomic mass is 10.1. The fourth-order valence-electron chi connectivity index (χ4n) is 3.34. The molecule has 1 atom stereocenters. The molecule has 0 saturated heterocycles.